The average Bonchev–Trinajstić information content (AvgIpc) is 2.33. The van der Waals surface area contributed by atoms with E-state index in [-0.39, 0.29) is 12.0 Å². The van der Waals surface area contributed by atoms with Crippen molar-refractivity contribution in [3.05, 3.63) is 0 Å². The van der Waals surface area contributed by atoms with Crippen LogP contribution in [0.3, 0.4) is 0 Å². The van der Waals surface area contributed by atoms with Crippen LogP contribution in [0.4, 0.5) is 0 Å². The van der Waals surface area contributed by atoms with Gasteiger partial charge in [-0.1, -0.05) is 0 Å². The molecule has 1 saturated heterocycles. The normalized spacial score (nSPS) is 24.6. The lowest BCUT2D eigenvalue weighted by Gasteiger charge is -2.11. The number of carbonyl (C=O) groups is 1. The van der Waals surface area contributed by atoms with E-state index in [2.05, 4.69) is 15.4 Å². The Morgan fingerprint density at radius 1 is 1.75 bits per heavy atom. The summed E-state index contributed by atoms with van der Waals surface area (Å²) < 4.78 is 4.57. The Balaban J connectivity index is 2.24. The minimum Gasteiger partial charge on any atom is -0.469 e. The maximum atomic E-state index is 10.9. The van der Waals surface area contributed by atoms with E-state index in [1.54, 1.807) is 0 Å². The summed E-state index contributed by atoms with van der Waals surface area (Å²) >= 11 is 0. The second-order valence-electron chi connectivity index (χ2n) is 2.90. The van der Waals surface area contributed by atoms with Crippen molar-refractivity contribution < 1.29 is 9.53 Å². The van der Waals surface area contributed by atoms with Gasteiger partial charge in [0.25, 0.3) is 0 Å². The molecule has 0 aromatic carbocycles. The lowest BCUT2D eigenvalue weighted by molar-refractivity contribution is -0.141. The molecular formula is C8H15N2O2. The fourth-order valence-corrected chi connectivity index (χ4v) is 1.22. The Morgan fingerprint density at radius 2 is 2.58 bits per heavy atom. The van der Waals surface area contributed by atoms with Gasteiger partial charge in [0.2, 0.25) is 0 Å². The molecule has 0 spiro atoms. The van der Waals surface area contributed by atoms with Crippen LogP contribution in [0.1, 0.15) is 12.8 Å². The summed E-state index contributed by atoms with van der Waals surface area (Å²) in [4.78, 5) is 10.9. The zero-order valence-electron chi connectivity index (χ0n) is 7.38. The summed E-state index contributed by atoms with van der Waals surface area (Å²) in [6, 6.07) is 0.111. The molecule has 1 N–H and O–H groups in total. The number of methoxy groups -OCH3 is 1. The molecule has 4 nitrogen and oxygen atoms in total. The molecule has 0 aromatic rings. The zero-order chi connectivity index (χ0) is 8.81. The highest BCUT2D eigenvalue weighted by Gasteiger charge is 2.16. The van der Waals surface area contributed by atoms with Crippen LogP contribution >= 0.6 is 0 Å². The largest absolute Gasteiger partial charge is 0.469 e. The SMILES string of the molecule is COC(=O)CC1CNCCC[N]1. The first-order chi connectivity index (χ1) is 5.83. The van der Waals surface area contributed by atoms with Crippen molar-refractivity contribution in [3.63, 3.8) is 0 Å². The monoisotopic (exact) mass is 171 g/mol. The molecule has 0 saturated carbocycles. The number of esters is 1. The number of hydrogen-bond acceptors (Lipinski definition) is 3. The van der Waals surface area contributed by atoms with E-state index in [0.29, 0.717) is 6.42 Å². The van der Waals surface area contributed by atoms with Gasteiger partial charge in [0, 0.05) is 19.1 Å². The highest BCUT2D eigenvalue weighted by molar-refractivity contribution is 5.69. The first-order valence-electron chi connectivity index (χ1n) is 4.27. The Labute approximate surface area is 72.7 Å². The molecule has 1 aliphatic heterocycles. The Bertz CT molecular complexity index is 142. The Kier molecular flexibility index (Phi) is 4.04. The quantitative estimate of drug-likeness (QED) is 0.571. The van der Waals surface area contributed by atoms with E-state index in [1.165, 1.54) is 7.11 Å². The molecule has 1 aliphatic rings. The summed E-state index contributed by atoms with van der Waals surface area (Å²) in [5, 5.41) is 7.57. The maximum Gasteiger partial charge on any atom is 0.307 e. The lowest BCUT2D eigenvalue weighted by Crippen LogP contribution is -2.33. The highest BCUT2D eigenvalue weighted by Crippen LogP contribution is 1.98. The van der Waals surface area contributed by atoms with Crippen LogP contribution in [0.25, 0.3) is 0 Å². The van der Waals surface area contributed by atoms with Gasteiger partial charge in [0.15, 0.2) is 0 Å². The van der Waals surface area contributed by atoms with Gasteiger partial charge in [-0.25, -0.2) is 5.32 Å². The van der Waals surface area contributed by atoms with Crippen molar-refractivity contribution in [1.29, 1.82) is 0 Å². The molecule has 1 rings (SSSR count). The topological polar surface area (TPSA) is 52.4 Å². The van der Waals surface area contributed by atoms with Crippen molar-refractivity contribution in [2.45, 2.75) is 18.9 Å². The third kappa shape index (κ3) is 3.19. The summed E-state index contributed by atoms with van der Waals surface area (Å²) in [7, 11) is 1.41. The molecule has 1 radical (unpaired) electrons. The van der Waals surface area contributed by atoms with Gasteiger partial charge < -0.3 is 10.1 Å². The lowest BCUT2D eigenvalue weighted by atomic mass is 10.2. The van der Waals surface area contributed by atoms with Crippen molar-refractivity contribution in [2.75, 3.05) is 26.7 Å². The van der Waals surface area contributed by atoms with Gasteiger partial charge in [-0.3, -0.25) is 4.79 Å². The predicted molar refractivity (Wildman–Crippen MR) is 44.9 cm³/mol. The molecule has 1 fully saturated rings. The van der Waals surface area contributed by atoms with E-state index < -0.39 is 0 Å². The van der Waals surface area contributed by atoms with Gasteiger partial charge in [0.1, 0.15) is 0 Å². The molecule has 1 unspecified atom stereocenters. The molecule has 0 bridgehead atoms. The molecule has 0 aliphatic carbocycles. The van der Waals surface area contributed by atoms with Gasteiger partial charge in [0.05, 0.1) is 13.5 Å². The zero-order valence-corrected chi connectivity index (χ0v) is 7.38. The number of hydrogen-bond donors (Lipinski definition) is 1. The minimum atomic E-state index is -0.174. The van der Waals surface area contributed by atoms with E-state index in [0.717, 1.165) is 26.1 Å². The smallest absolute Gasteiger partial charge is 0.307 e. The third-order valence-corrected chi connectivity index (χ3v) is 1.91. The molecule has 4 heteroatoms. The van der Waals surface area contributed by atoms with E-state index in [4.69, 9.17) is 0 Å². The number of nitrogens with one attached hydrogen (secondary N) is 1. The van der Waals surface area contributed by atoms with E-state index >= 15 is 0 Å². The summed E-state index contributed by atoms with van der Waals surface area (Å²) in [6.45, 7) is 2.66. The minimum absolute atomic E-state index is 0.111. The molecule has 0 amide bonds. The number of nitrogens with zero attached hydrogens (tertiary/aromatic N) is 1. The van der Waals surface area contributed by atoms with Crippen LogP contribution in [0.5, 0.6) is 0 Å². The van der Waals surface area contributed by atoms with Crippen LogP contribution in [0, 0.1) is 0 Å². The van der Waals surface area contributed by atoms with Crippen LogP contribution < -0.4 is 10.6 Å². The van der Waals surface area contributed by atoms with Gasteiger partial charge in [-0.15, -0.1) is 0 Å². The van der Waals surface area contributed by atoms with Crippen molar-refractivity contribution >= 4 is 5.97 Å². The first-order valence-corrected chi connectivity index (χ1v) is 4.27. The first kappa shape index (κ1) is 9.48. The number of rotatable bonds is 2. The molecule has 1 heterocycles. The van der Waals surface area contributed by atoms with Crippen LogP contribution in [-0.4, -0.2) is 38.8 Å². The van der Waals surface area contributed by atoms with Gasteiger partial charge in [-0.2, -0.15) is 0 Å². The molecule has 12 heavy (non-hydrogen) atoms. The van der Waals surface area contributed by atoms with Crippen molar-refractivity contribution in [1.82, 2.24) is 10.6 Å². The Morgan fingerprint density at radius 3 is 3.33 bits per heavy atom. The molecule has 1 atom stereocenters. The van der Waals surface area contributed by atoms with Gasteiger partial charge in [-0.05, 0) is 13.0 Å². The number of carbonyl (C=O) groups excluding carboxylic acids is 1. The molecule has 0 aromatic heterocycles. The molecular weight excluding hydrogens is 156 g/mol. The maximum absolute atomic E-state index is 10.9. The van der Waals surface area contributed by atoms with Crippen molar-refractivity contribution in [2.24, 2.45) is 0 Å². The van der Waals surface area contributed by atoms with Crippen LogP contribution in [0.2, 0.25) is 0 Å². The summed E-state index contributed by atoms with van der Waals surface area (Å²) in [5.41, 5.74) is 0. The highest BCUT2D eigenvalue weighted by atomic mass is 16.5. The van der Waals surface area contributed by atoms with E-state index in [1.807, 2.05) is 0 Å². The fourth-order valence-electron chi connectivity index (χ4n) is 1.22. The Hall–Kier alpha value is -0.610. The summed E-state index contributed by atoms with van der Waals surface area (Å²) in [6.07, 6.45) is 1.47. The van der Waals surface area contributed by atoms with Gasteiger partial charge >= 0.3 is 5.97 Å². The fraction of sp³-hybridized carbons (Fsp3) is 0.875. The average molecular weight is 171 g/mol. The molecule has 69 valence electrons. The number of ether oxygens (including phenoxy) is 1. The third-order valence-electron chi connectivity index (χ3n) is 1.91. The van der Waals surface area contributed by atoms with E-state index in [9.17, 15) is 4.79 Å². The van der Waals surface area contributed by atoms with Crippen molar-refractivity contribution in [3.8, 4) is 0 Å². The summed E-state index contributed by atoms with van der Waals surface area (Å²) in [5.74, 6) is -0.174. The van der Waals surface area contributed by atoms with Crippen LogP contribution in [-0.2, 0) is 9.53 Å². The second-order valence-corrected chi connectivity index (χ2v) is 2.90. The second kappa shape index (κ2) is 5.11. The predicted octanol–water partition coefficient (Wildman–Crippen LogP) is -0.484. The van der Waals surface area contributed by atoms with Crippen LogP contribution in [0.15, 0.2) is 0 Å². The standard InChI is InChI=1S/C8H15N2O2/c1-12-8(11)5-7-6-9-3-2-4-10-7/h7,9H,2-6H2,1H3.